The van der Waals surface area contributed by atoms with Crippen LogP contribution in [0.4, 0.5) is 10.1 Å². The molecule has 0 saturated carbocycles. The topological polar surface area (TPSA) is 96.0 Å². The molecule has 2 amide bonds. The van der Waals surface area contributed by atoms with Crippen LogP contribution in [0, 0.1) is 5.82 Å². The van der Waals surface area contributed by atoms with E-state index in [2.05, 4.69) is 5.32 Å². The minimum atomic E-state index is -3.68. The Morgan fingerprint density at radius 2 is 1.60 bits per heavy atom. The third kappa shape index (κ3) is 9.58. The molecule has 8 nitrogen and oxygen atoms in total. The van der Waals surface area contributed by atoms with E-state index in [9.17, 15) is 22.4 Å². The molecule has 3 aromatic rings. The van der Waals surface area contributed by atoms with Gasteiger partial charge in [-0.3, -0.25) is 13.9 Å². The predicted octanol–water partition coefficient (Wildman–Crippen LogP) is 4.94. The number of carbonyl (C=O) groups excluding carboxylic acids is 2. The van der Waals surface area contributed by atoms with Crippen molar-refractivity contribution in [3.05, 3.63) is 95.8 Å². The number of anilines is 1. The van der Waals surface area contributed by atoms with E-state index in [1.54, 1.807) is 36.4 Å². The summed E-state index contributed by atoms with van der Waals surface area (Å²) in [6.45, 7) is 4.74. The number of ether oxygens (including phenoxy) is 1. The van der Waals surface area contributed by atoms with Crippen LogP contribution in [0.5, 0.6) is 5.75 Å². The largest absolute Gasteiger partial charge is 0.492 e. The van der Waals surface area contributed by atoms with E-state index < -0.39 is 21.9 Å². The van der Waals surface area contributed by atoms with Crippen molar-refractivity contribution in [2.45, 2.75) is 52.1 Å². The lowest BCUT2D eigenvalue weighted by atomic mass is 10.0. The molecule has 0 heterocycles. The number of benzene rings is 3. The number of nitrogens with one attached hydrogen (secondary N) is 1. The highest BCUT2D eigenvalue weighted by Gasteiger charge is 2.30. The lowest BCUT2D eigenvalue weighted by Gasteiger charge is -2.32. The molecule has 0 aromatic heterocycles. The summed E-state index contributed by atoms with van der Waals surface area (Å²) < 4.78 is 46.1. The molecule has 0 fully saturated rings. The molecule has 0 unspecified atom stereocenters. The first-order chi connectivity index (χ1) is 20.1. The number of hydrogen-bond acceptors (Lipinski definition) is 5. The predicted molar refractivity (Wildman–Crippen MR) is 163 cm³/mol. The summed E-state index contributed by atoms with van der Waals surface area (Å²) in [4.78, 5) is 28.8. The van der Waals surface area contributed by atoms with Crippen molar-refractivity contribution in [2.24, 2.45) is 0 Å². The smallest absolute Gasteiger partial charge is 0.243 e. The third-order valence-corrected chi connectivity index (χ3v) is 7.85. The van der Waals surface area contributed by atoms with E-state index in [1.807, 2.05) is 44.2 Å². The Kier molecular flexibility index (Phi) is 12.3. The van der Waals surface area contributed by atoms with Crippen molar-refractivity contribution in [2.75, 3.05) is 30.3 Å². The molecule has 42 heavy (non-hydrogen) atoms. The van der Waals surface area contributed by atoms with Crippen molar-refractivity contribution in [1.29, 1.82) is 0 Å². The molecule has 3 aromatic carbocycles. The maximum atomic E-state index is 13.8. The highest BCUT2D eigenvalue weighted by molar-refractivity contribution is 7.92. The van der Waals surface area contributed by atoms with Gasteiger partial charge in [0.05, 0.1) is 18.6 Å². The number of halogens is 1. The molecule has 0 saturated heterocycles. The second-order valence-electron chi connectivity index (χ2n) is 9.98. The van der Waals surface area contributed by atoms with E-state index in [4.69, 9.17) is 4.74 Å². The summed E-state index contributed by atoms with van der Waals surface area (Å²) in [5, 5.41) is 2.92. The Hall–Kier alpha value is -3.92. The fraction of sp³-hybridized carbons (Fsp3) is 0.375. The molecule has 3 rings (SSSR count). The Morgan fingerprint density at radius 1 is 0.929 bits per heavy atom. The van der Waals surface area contributed by atoms with Crippen LogP contribution in [-0.4, -0.2) is 57.1 Å². The van der Waals surface area contributed by atoms with Gasteiger partial charge >= 0.3 is 0 Å². The lowest BCUT2D eigenvalue weighted by molar-refractivity contribution is -0.141. The van der Waals surface area contributed by atoms with Crippen LogP contribution in [0.3, 0.4) is 0 Å². The molecule has 1 N–H and O–H groups in total. The molecular weight excluding hydrogens is 557 g/mol. The summed E-state index contributed by atoms with van der Waals surface area (Å²) in [6.07, 6.45) is 2.35. The van der Waals surface area contributed by atoms with Crippen LogP contribution in [-0.2, 0) is 32.6 Å². The zero-order valence-electron chi connectivity index (χ0n) is 24.5. The van der Waals surface area contributed by atoms with Crippen molar-refractivity contribution < 1.29 is 27.1 Å². The van der Waals surface area contributed by atoms with Gasteiger partial charge in [-0.2, -0.15) is 0 Å². The number of rotatable bonds is 16. The Morgan fingerprint density at radius 3 is 2.24 bits per heavy atom. The van der Waals surface area contributed by atoms with Gasteiger partial charge in [0.15, 0.2) is 0 Å². The second-order valence-corrected chi connectivity index (χ2v) is 11.9. The average Bonchev–Trinajstić information content (AvgIpc) is 2.97. The van der Waals surface area contributed by atoms with E-state index in [-0.39, 0.29) is 37.7 Å². The van der Waals surface area contributed by atoms with Crippen molar-refractivity contribution >= 4 is 27.5 Å². The monoisotopic (exact) mass is 597 g/mol. The molecule has 0 bridgehead atoms. The van der Waals surface area contributed by atoms with Crippen LogP contribution in [0.25, 0.3) is 0 Å². The summed E-state index contributed by atoms with van der Waals surface area (Å²) in [7, 11) is -3.68. The van der Waals surface area contributed by atoms with Crippen molar-refractivity contribution in [3.8, 4) is 5.75 Å². The van der Waals surface area contributed by atoms with Gasteiger partial charge in [-0.1, -0.05) is 61.5 Å². The second kappa shape index (κ2) is 15.9. The van der Waals surface area contributed by atoms with Crippen molar-refractivity contribution in [3.63, 3.8) is 0 Å². The summed E-state index contributed by atoms with van der Waals surface area (Å²) in [5.41, 5.74) is 1.97. The molecule has 0 aliphatic carbocycles. The highest BCUT2D eigenvalue weighted by Crippen LogP contribution is 2.30. The van der Waals surface area contributed by atoms with Gasteiger partial charge in [-0.05, 0) is 55.2 Å². The fourth-order valence-corrected chi connectivity index (χ4v) is 5.60. The van der Waals surface area contributed by atoms with Gasteiger partial charge in [0.25, 0.3) is 0 Å². The number of para-hydroxylation sites is 2. The van der Waals surface area contributed by atoms with Crippen LogP contribution in [0.1, 0.15) is 44.2 Å². The molecular formula is C32H40FN3O5S. The molecule has 0 aliphatic rings. The first-order valence-electron chi connectivity index (χ1n) is 14.2. The highest BCUT2D eigenvalue weighted by atomic mass is 32.2. The first kappa shape index (κ1) is 32.6. The van der Waals surface area contributed by atoms with Crippen LogP contribution >= 0.6 is 0 Å². The molecule has 0 radical (unpaired) electrons. The van der Waals surface area contributed by atoms with E-state index in [1.165, 1.54) is 21.3 Å². The van der Waals surface area contributed by atoms with Gasteiger partial charge in [-0.15, -0.1) is 0 Å². The van der Waals surface area contributed by atoms with Gasteiger partial charge in [0.1, 0.15) is 17.6 Å². The van der Waals surface area contributed by atoms with E-state index >= 15 is 0 Å². The number of sulfonamides is 1. The van der Waals surface area contributed by atoms with E-state index in [0.29, 0.717) is 36.6 Å². The van der Waals surface area contributed by atoms with Gasteiger partial charge < -0.3 is 15.0 Å². The number of hydrogen-bond donors (Lipinski definition) is 1. The number of carbonyl (C=O) groups is 2. The third-order valence-electron chi connectivity index (χ3n) is 6.67. The Balaban J connectivity index is 1.88. The zero-order valence-corrected chi connectivity index (χ0v) is 25.3. The lowest BCUT2D eigenvalue weighted by Crippen LogP contribution is -2.50. The summed E-state index contributed by atoms with van der Waals surface area (Å²) >= 11 is 0. The number of amides is 2. The fourth-order valence-electron chi connectivity index (χ4n) is 4.63. The SMILES string of the molecule is CCCNC(=O)[C@H](Cc1ccccc1)N(Cc1ccc(F)cc1)C(=O)CCCN(c1ccccc1OCC)S(C)(=O)=O. The maximum absolute atomic E-state index is 13.8. The van der Waals surface area contributed by atoms with Gasteiger partial charge in [-0.25, -0.2) is 12.8 Å². The average molecular weight is 598 g/mol. The molecule has 0 aliphatic heterocycles. The Labute approximate surface area is 248 Å². The summed E-state index contributed by atoms with van der Waals surface area (Å²) in [5.74, 6) is -0.547. The minimum Gasteiger partial charge on any atom is -0.492 e. The van der Waals surface area contributed by atoms with Crippen LogP contribution in [0.2, 0.25) is 0 Å². The van der Waals surface area contributed by atoms with Crippen LogP contribution in [0.15, 0.2) is 78.9 Å². The molecule has 0 spiro atoms. The van der Waals surface area contributed by atoms with Gasteiger partial charge in [0.2, 0.25) is 21.8 Å². The molecule has 1 atom stereocenters. The Bertz CT molecular complexity index is 1400. The molecule has 10 heteroatoms. The molecule has 226 valence electrons. The zero-order chi connectivity index (χ0) is 30.5. The minimum absolute atomic E-state index is 0.00361. The van der Waals surface area contributed by atoms with E-state index in [0.717, 1.165) is 18.2 Å². The van der Waals surface area contributed by atoms with Gasteiger partial charge in [0, 0.05) is 32.5 Å². The maximum Gasteiger partial charge on any atom is 0.243 e. The quantitative estimate of drug-likeness (QED) is 0.253. The van der Waals surface area contributed by atoms with Crippen LogP contribution < -0.4 is 14.4 Å². The normalized spacial score (nSPS) is 11.9. The standard InChI is InChI=1S/C32H40FN3O5S/c1-4-21-34-32(38)29(23-25-12-7-6-8-13-25)35(24-26-17-19-27(33)20-18-26)31(37)16-11-22-36(42(3,39)40)28-14-9-10-15-30(28)41-5-2/h6-10,12-15,17-20,29H,4-5,11,16,21-24H2,1-3H3,(H,34,38)/t29-/m0/s1. The number of nitrogens with zero attached hydrogens (tertiary/aromatic N) is 2. The van der Waals surface area contributed by atoms with Crippen molar-refractivity contribution in [1.82, 2.24) is 10.2 Å². The first-order valence-corrected chi connectivity index (χ1v) is 16.0. The summed E-state index contributed by atoms with van der Waals surface area (Å²) in [6, 6.07) is 21.3.